The fourth-order valence-corrected chi connectivity index (χ4v) is 6.19. The van der Waals surface area contributed by atoms with Crippen LogP contribution in [0.5, 0.6) is 5.75 Å². The second kappa shape index (κ2) is 8.65. The van der Waals surface area contributed by atoms with E-state index in [1.165, 1.54) is 0 Å². The molecule has 0 saturated carbocycles. The molecular formula is C25H33N3O4S. The van der Waals surface area contributed by atoms with Gasteiger partial charge in [0, 0.05) is 49.7 Å². The summed E-state index contributed by atoms with van der Waals surface area (Å²) in [6, 6.07) is 13.0. The summed E-state index contributed by atoms with van der Waals surface area (Å²) in [7, 11) is -1.99. The maximum atomic E-state index is 13.5. The van der Waals surface area contributed by atoms with E-state index in [0.717, 1.165) is 22.7 Å². The molecule has 0 aromatic heterocycles. The Morgan fingerprint density at radius 3 is 2.30 bits per heavy atom. The highest BCUT2D eigenvalue weighted by Gasteiger charge is 2.40. The molecule has 2 aromatic rings. The fourth-order valence-electron chi connectivity index (χ4n) is 4.74. The van der Waals surface area contributed by atoms with Gasteiger partial charge in [-0.1, -0.05) is 39.8 Å². The third kappa shape index (κ3) is 4.22. The van der Waals surface area contributed by atoms with E-state index in [2.05, 4.69) is 18.7 Å². The Bertz CT molecular complexity index is 1150. The average Bonchev–Trinajstić information content (AvgIpc) is 3.08. The van der Waals surface area contributed by atoms with E-state index in [0.29, 0.717) is 37.6 Å². The Morgan fingerprint density at radius 2 is 1.67 bits per heavy atom. The molecule has 2 aliphatic heterocycles. The predicted molar refractivity (Wildman–Crippen MR) is 131 cm³/mol. The van der Waals surface area contributed by atoms with Crippen LogP contribution < -0.4 is 14.5 Å². The van der Waals surface area contributed by atoms with Crippen molar-refractivity contribution in [3.05, 3.63) is 48.0 Å². The Morgan fingerprint density at radius 1 is 1.00 bits per heavy atom. The fraction of sp³-hybridized carbons (Fsp3) is 0.480. The van der Waals surface area contributed by atoms with Gasteiger partial charge in [-0.05, 0) is 35.9 Å². The van der Waals surface area contributed by atoms with Crippen molar-refractivity contribution in [1.29, 1.82) is 0 Å². The van der Waals surface area contributed by atoms with Gasteiger partial charge in [0.15, 0.2) is 0 Å². The molecule has 0 atom stereocenters. The number of rotatable bonds is 5. The number of amides is 1. The largest absolute Gasteiger partial charge is 0.495 e. The minimum absolute atomic E-state index is 0.0601. The van der Waals surface area contributed by atoms with Gasteiger partial charge < -0.3 is 14.5 Å². The first-order chi connectivity index (χ1) is 15.6. The lowest BCUT2D eigenvalue weighted by molar-refractivity contribution is -0.121. The van der Waals surface area contributed by atoms with Crippen molar-refractivity contribution in [3.63, 3.8) is 0 Å². The first kappa shape index (κ1) is 23.6. The molecule has 0 radical (unpaired) electrons. The summed E-state index contributed by atoms with van der Waals surface area (Å²) < 4.78 is 34.0. The predicted octanol–water partition coefficient (Wildman–Crippen LogP) is 3.49. The van der Waals surface area contributed by atoms with E-state index < -0.39 is 10.0 Å². The van der Waals surface area contributed by atoms with Gasteiger partial charge in [-0.2, -0.15) is 4.31 Å². The van der Waals surface area contributed by atoms with Crippen molar-refractivity contribution < 1.29 is 17.9 Å². The molecule has 8 heteroatoms. The van der Waals surface area contributed by atoms with E-state index in [1.54, 1.807) is 34.5 Å². The molecule has 2 aliphatic rings. The zero-order valence-corrected chi connectivity index (χ0v) is 20.9. The summed E-state index contributed by atoms with van der Waals surface area (Å²) in [6.45, 7) is 10.4. The molecule has 7 nitrogen and oxygen atoms in total. The van der Waals surface area contributed by atoms with Crippen LogP contribution in [0, 0.1) is 5.92 Å². The highest BCUT2D eigenvalue weighted by atomic mass is 32.2. The van der Waals surface area contributed by atoms with Crippen LogP contribution in [0.3, 0.4) is 0 Å². The lowest BCUT2D eigenvalue weighted by atomic mass is 9.87. The molecule has 0 N–H and O–H groups in total. The molecule has 4 rings (SSSR count). The van der Waals surface area contributed by atoms with Crippen molar-refractivity contribution >= 4 is 27.3 Å². The third-order valence-corrected chi connectivity index (χ3v) is 8.50. The summed E-state index contributed by atoms with van der Waals surface area (Å²) >= 11 is 0. The van der Waals surface area contributed by atoms with Gasteiger partial charge in [-0.3, -0.25) is 4.79 Å². The zero-order valence-electron chi connectivity index (χ0n) is 20.0. The number of carbonyl (C=O) groups is 1. The minimum atomic E-state index is -3.64. The van der Waals surface area contributed by atoms with Crippen LogP contribution in [0.1, 0.15) is 33.3 Å². The smallest absolute Gasteiger partial charge is 0.243 e. The number of sulfonamides is 1. The minimum Gasteiger partial charge on any atom is -0.495 e. The number of benzene rings is 2. The molecular weight excluding hydrogens is 438 g/mol. The van der Waals surface area contributed by atoms with Crippen LogP contribution in [0.15, 0.2) is 47.4 Å². The number of piperazine rings is 1. The molecule has 2 heterocycles. The Labute approximate surface area is 197 Å². The summed E-state index contributed by atoms with van der Waals surface area (Å²) in [5.74, 6) is 0.731. The van der Waals surface area contributed by atoms with E-state index in [4.69, 9.17) is 4.74 Å². The second-order valence-electron chi connectivity index (χ2n) is 9.70. The van der Waals surface area contributed by atoms with Gasteiger partial charge in [0.2, 0.25) is 15.9 Å². The van der Waals surface area contributed by atoms with Crippen LogP contribution >= 0.6 is 0 Å². The molecule has 178 valence electrons. The second-order valence-corrected chi connectivity index (χ2v) is 11.6. The molecule has 0 spiro atoms. The van der Waals surface area contributed by atoms with Crippen LogP contribution in [0.4, 0.5) is 11.4 Å². The molecule has 1 fully saturated rings. The number of hydrogen-bond donors (Lipinski definition) is 0. The SMILES string of the molecule is COc1ccccc1N1CCN(S(=O)(=O)c2ccc3c(c2)C(C)(C)CN3C(=O)C(C)C)CC1. The molecule has 0 aliphatic carbocycles. The van der Waals surface area contributed by atoms with Crippen molar-refractivity contribution in [1.82, 2.24) is 4.31 Å². The number of para-hydroxylation sites is 2. The molecule has 2 aromatic carbocycles. The normalized spacial score (nSPS) is 18.5. The number of fused-ring (bicyclic) bond motifs is 1. The van der Waals surface area contributed by atoms with Crippen LogP contribution in [0.2, 0.25) is 0 Å². The van der Waals surface area contributed by atoms with Crippen LogP contribution in [0.25, 0.3) is 0 Å². The lowest BCUT2D eigenvalue weighted by Gasteiger charge is -2.36. The number of hydrogen-bond acceptors (Lipinski definition) is 5. The molecule has 1 amide bonds. The lowest BCUT2D eigenvalue weighted by Crippen LogP contribution is -2.48. The maximum Gasteiger partial charge on any atom is 0.243 e. The average molecular weight is 472 g/mol. The highest BCUT2D eigenvalue weighted by molar-refractivity contribution is 7.89. The van der Waals surface area contributed by atoms with Gasteiger partial charge in [0.1, 0.15) is 5.75 Å². The molecule has 1 saturated heterocycles. The van der Waals surface area contributed by atoms with Gasteiger partial charge >= 0.3 is 0 Å². The first-order valence-electron chi connectivity index (χ1n) is 11.4. The van der Waals surface area contributed by atoms with Gasteiger partial charge in [-0.15, -0.1) is 0 Å². The standard InChI is InChI=1S/C25H33N3O4S/c1-18(2)24(29)28-17-25(3,4)20-16-19(10-11-21(20)28)33(30,31)27-14-12-26(13-15-27)22-8-6-7-9-23(22)32-5/h6-11,16,18H,12-15,17H2,1-5H3. The summed E-state index contributed by atoms with van der Waals surface area (Å²) in [5, 5.41) is 0. The first-order valence-corrected chi connectivity index (χ1v) is 12.8. The van der Waals surface area contributed by atoms with Gasteiger partial charge in [-0.25, -0.2) is 8.42 Å². The number of methoxy groups -OCH3 is 1. The monoisotopic (exact) mass is 471 g/mol. The van der Waals surface area contributed by atoms with E-state index in [-0.39, 0.29) is 17.2 Å². The van der Waals surface area contributed by atoms with Crippen LogP contribution in [-0.2, 0) is 20.2 Å². The molecule has 0 bridgehead atoms. The number of nitrogens with zero attached hydrogens (tertiary/aromatic N) is 3. The Hall–Kier alpha value is -2.58. The number of anilines is 2. The third-order valence-electron chi connectivity index (χ3n) is 6.60. The Kier molecular flexibility index (Phi) is 6.18. The summed E-state index contributed by atoms with van der Waals surface area (Å²) in [6.07, 6.45) is 0. The maximum absolute atomic E-state index is 13.5. The zero-order chi connectivity index (χ0) is 24.0. The van der Waals surface area contributed by atoms with Crippen LogP contribution in [-0.4, -0.2) is 58.5 Å². The topological polar surface area (TPSA) is 70.2 Å². The van der Waals surface area contributed by atoms with Gasteiger partial charge in [0.05, 0.1) is 17.7 Å². The van der Waals surface area contributed by atoms with E-state index in [1.807, 2.05) is 38.1 Å². The summed E-state index contributed by atoms with van der Waals surface area (Å²) in [4.78, 5) is 16.9. The van der Waals surface area contributed by atoms with Crippen molar-refractivity contribution in [2.24, 2.45) is 5.92 Å². The highest BCUT2D eigenvalue weighted by Crippen LogP contribution is 2.42. The number of ether oxygens (including phenoxy) is 1. The quantitative estimate of drug-likeness (QED) is 0.668. The summed E-state index contributed by atoms with van der Waals surface area (Å²) in [5.41, 5.74) is 2.39. The number of carbonyl (C=O) groups excluding carboxylic acids is 1. The molecule has 33 heavy (non-hydrogen) atoms. The van der Waals surface area contributed by atoms with E-state index in [9.17, 15) is 13.2 Å². The van der Waals surface area contributed by atoms with E-state index >= 15 is 0 Å². The van der Waals surface area contributed by atoms with Crippen molar-refractivity contribution in [2.45, 2.75) is 38.0 Å². The molecule has 0 unspecified atom stereocenters. The van der Waals surface area contributed by atoms with Crippen molar-refractivity contribution in [2.75, 3.05) is 49.6 Å². The Balaban J connectivity index is 1.56. The van der Waals surface area contributed by atoms with Crippen molar-refractivity contribution in [3.8, 4) is 5.75 Å². The van der Waals surface area contributed by atoms with Gasteiger partial charge in [0.25, 0.3) is 0 Å².